The van der Waals surface area contributed by atoms with Crippen molar-refractivity contribution in [1.82, 2.24) is 9.78 Å². The highest BCUT2D eigenvalue weighted by atomic mass is 79.9. The number of aryl methyl sites for hydroxylation is 2. The maximum absolute atomic E-state index is 13.9. The molecule has 0 aliphatic carbocycles. The molecule has 2 N–H and O–H groups in total. The highest BCUT2D eigenvalue weighted by Crippen LogP contribution is 2.26. The molecule has 0 spiro atoms. The van der Waals surface area contributed by atoms with Gasteiger partial charge >= 0.3 is 0 Å². The lowest BCUT2D eigenvalue weighted by atomic mass is 9.99. The molecule has 1 heterocycles. The summed E-state index contributed by atoms with van der Waals surface area (Å²) in [5.41, 5.74) is 7.58. The van der Waals surface area contributed by atoms with Gasteiger partial charge in [-0.15, -0.1) is 0 Å². The van der Waals surface area contributed by atoms with Crippen LogP contribution in [0.1, 0.15) is 22.9 Å². The van der Waals surface area contributed by atoms with Crippen molar-refractivity contribution in [3.63, 3.8) is 0 Å². The summed E-state index contributed by atoms with van der Waals surface area (Å²) in [4.78, 5) is 0. The fraction of sp³-hybridized carbons (Fsp3) is 0.308. The van der Waals surface area contributed by atoms with Gasteiger partial charge in [0, 0.05) is 30.4 Å². The molecule has 19 heavy (non-hydrogen) atoms. The third-order valence-electron chi connectivity index (χ3n) is 3.01. The summed E-state index contributed by atoms with van der Waals surface area (Å²) >= 11 is 3.05. The Balaban J connectivity index is 2.31. The first-order valence-electron chi connectivity index (χ1n) is 5.78. The number of hydrogen-bond donors (Lipinski definition) is 1. The van der Waals surface area contributed by atoms with Gasteiger partial charge in [0.2, 0.25) is 0 Å². The Labute approximate surface area is 118 Å². The third kappa shape index (κ3) is 2.84. The van der Waals surface area contributed by atoms with Crippen molar-refractivity contribution in [3.05, 3.63) is 51.3 Å². The maximum atomic E-state index is 13.9. The van der Waals surface area contributed by atoms with Crippen LogP contribution in [0, 0.1) is 18.6 Å². The fourth-order valence-electron chi connectivity index (χ4n) is 2.07. The van der Waals surface area contributed by atoms with Crippen molar-refractivity contribution in [2.24, 2.45) is 12.8 Å². The van der Waals surface area contributed by atoms with Gasteiger partial charge in [-0.2, -0.15) is 5.10 Å². The summed E-state index contributed by atoms with van der Waals surface area (Å²) in [5.74, 6) is -1.19. The SMILES string of the molecule is Cc1nn(C)cc1C(N)Cc1c(F)ccc(Br)c1F. The zero-order valence-corrected chi connectivity index (χ0v) is 12.2. The molecule has 2 rings (SSSR count). The van der Waals surface area contributed by atoms with Crippen molar-refractivity contribution in [1.29, 1.82) is 0 Å². The number of nitrogens with zero attached hydrogens (tertiary/aromatic N) is 2. The predicted octanol–water partition coefficient (Wildman–Crippen LogP) is 3.01. The highest BCUT2D eigenvalue weighted by Gasteiger charge is 2.19. The van der Waals surface area contributed by atoms with E-state index in [1.807, 2.05) is 6.92 Å². The smallest absolute Gasteiger partial charge is 0.143 e. The normalized spacial score (nSPS) is 12.7. The second kappa shape index (κ2) is 5.38. The molecule has 1 atom stereocenters. The van der Waals surface area contributed by atoms with E-state index in [4.69, 9.17) is 5.73 Å². The van der Waals surface area contributed by atoms with Gasteiger partial charge in [0.1, 0.15) is 11.6 Å². The number of hydrogen-bond acceptors (Lipinski definition) is 2. The molecule has 1 aromatic carbocycles. The Morgan fingerprint density at radius 1 is 1.42 bits per heavy atom. The summed E-state index contributed by atoms with van der Waals surface area (Å²) in [5, 5.41) is 4.18. The Morgan fingerprint density at radius 3 is 2.68 bits per heavy atom. The van der Waals surface area contributed by atoms with E-state index in [0.29, 0.717) is 0 Å². The largest absolute Gasteiger partial charge is 0.324 e. The number of aromatic nitrogens is 2. The van der Waals surface area contributed by atoms with E-state index >= 15 is 0 Å². The predicted molar refractivity (Wildman–Crippen MR) is 72.6 cm³/mol. The minimum atomic E-state index is -0.600. The van der Waals surface area contributed by atoms with Crippen LogP contribution in [0.2, 0.25) is 0 Å². The van der Waals surface area contributed by atoms with Crippen LogP contribution in [0.5, 0.6) is 0 Å². The number of nitrogens with two attached hydrogens (primary N) is 1. The minimum Gasteiger partial charge on any atom is -0.324 e. The van der Waals surface area contributed by atoms with E-state index in [-0.39, 0.29) is 16.5 Å². The van der Waals surface area contributed by atoms with E-state index in [9.17, 15) is 8.78 Å². The van der Waals surface area contributed by atoms with Gasteiger partial charge in [0.05, 0.1) is 10.2 Å². The molecule has 0 saturated heterocycles. The first-order valence-corrected chi connectivity index (χ1v) is 6.57. The van der Waals surface area contributed by atoms with Crippen LogP contribution in [-0.4, -0.2) is 9.78 Å². The molecule has 1 unspecified atom stereocenters. The average molecular weight is 330 g/mol. The van der Waals surface area contributed by atoms with Gasteiger partial charge in [-0.1, -0.05) is 0 Å². The molecular weight excluding hydrogens is 316 g/mol. The number of benzene rings is 1. The van der Waals surface area contributed by atoms with Crippen LogP contribution in [0.15, 0.2) is 22.8 Å². The van der Waals surface area contributed by atoms with E-state index in [1.165, 1.54) is 12.1 Å². The zero-order valence-electron chi connectivity index (χ0n) is 10.6. The van der Waals surface area contributed by atoms with Gasteiger partial charge in [-0.05, 0) is 41.4 Å². The Bertz CT molecular complexity index is 610. The summed E-state index contributed by atoms with van der Waals surface area (Å²) in [6.07, 6.45) is 1.86. The van der Waals surface area contributed by atoms with Gasteiger partial charge < -0.3 is 5.73 Å². The Hall–Kier alpha value is -1.27. The molecule has 0 fully saturated rings. The molecule has 2 aromatic rings. The van der Waals surface area contributed by atoms with Gasteiger partial charge in [0.15, 0.2) is 0 Å². The second-order valence-corrected chi connectivity index (χ2v) is 5.33. The van der Waals surface area contributed by atoms with Crippen LogP contribution < -0.4 is 5.73 Å². The molecule has 0 amide bonds. The summed E-state index contributed by atoms with van der Waals surface area (Å²) < 4.78 is 29.4. The van der Waals surface area contributed by atoms with E-state index in [1.54, 1.807) is 17.9 Å². The number of halogens is 3. The maximum Gasteiger partial charge on any atom is 0.143 e. The van der Waals surface area contributed by atoms with Gasteiger partial charge in [0.25, 0.3) is 0 Å². The highest BCUT2D eigenvalue weighted by molar-refractivity contribution is 9.10. The molecular formula is C13H14BrF2N3. The molecule has 6 heteroatoms. The molecule has 0 bridgehead atoms. The minimum absolute atomic E-state index is 0.00914. The lowest BCUT2D eigenvalue weighted by molar-refractivity contribution is 0.535. The van der Waals surface area contributed by atoms with Crippen molar-refractivity contribution >= 4 is 15.9 Å². The monoisotopic (exact) mass is 329 g/mol. The Kier molecular flexibility index (Phi) is 4.01. The molecule has 102 valence electrons. The quantitative estimate of drug-likeness (QED) is 0.880. The summed E-state index contributed by atoms with van der Waals surface area (Å²) in [6, 6.07) is 2.08. The first kappa shape index (κ1) is 14.1. The van der Waals surface area contributed by atoms with E-state index in [2.05, 4.69) is 21.0 Å². The van der Waals surface area contributed by atoms with Gasteiger partial charge in [-0.25, -0.2) is 8.78 Å². The fourth-order valence-corrected chi connectivity index (χ4v) is 2.44. The standard InChI is InChI=1S/C13H14BrF2N3/c1-7-9(6-19(2)18-7)12(17)5-8-11(15)4-3-10(14)13(8)16/h3-4,6,12H,5,17H2,1-2H3. The van der Waals surface area contributed by atoms with E-state index in [0.717, 1.165) is 11.3 Å². The summed E-state index contributed by atoms with van der Waals surface area (Å²) in [6.45, 7) is 1.82. The van der Waals surface area contributed by atoms with Crippen molar-refractivity contribution in [3.8, 4) is 0 Å². The zero-order chi connectivity index (χ0) is 14.2. The third-order valence-corrected chi connectivity index (χ3v) is 3.63. The first-order chi connectivity index (χ1) is 8.90. The van der Waals surface area contributed by atoms with Crippen molar-refractivity contribution < 1.29 is 8.78 Å². The molecule has 0 aliphatic heterocycles. The lowest BCUT2D eigenvalue weighted by Crippen LogP contribution is -2.16. The second-order valence-electron chi connectivity index (χ2n) is 4.48. The Morgan fingerprint density at radius 2 is 2.11 bits per heavy atom. The topological polar surface area (TPSA) is 43.8 Å². The molecule has 0 saturated carbocycles. The van der Waals surface area contributed by atoms with Crippen LogP contribution in [0.4, 0.5) is 8.78 Å². The molecule has 3 nitrogen and oxygen atoms in total. The van der Waals surface area contributed by atoms with Crippen LogP contribution in [0.3, 0.4) is 0 Å². The molecule has 0 aliphatic rings. The van der Waals surface area contributed by atoms with Gasteiger partial charge in [-0.3, -0.25) is 4.68 Å². The van der Waals surface area contributed by atoms with Crippen molar-refractivity contribution in [2.45, 2.75) is 19.4 Å². The van der Waals surface area contributed by atoms with Crippen LogP contribution in [0.25, 0.3) is 0 Å². The van der Waals surface area contributed by atoms with Crippen LogP contribution in [-0.2, 0) is 13.5 Å². The average Bonchev–Trinajstić information content (AvgIpc) is 2.69. The number of rotatable bonds is 3. The summed E-state index contributed by atoms with van der Waals surface area (Å²) in [7, 11) is 1.78. The lowest BCUT2D eigenvalue weighted by Gasteiger charge is -2.13. The van der Waals surface area contributed by atoms with E-state index < -0.39 is 17.7 Å². The molecule has 1 aromatic heterocycles. The molecule has 0 radical (unpaired) electrons. The van der Waals surface area contributed by atoms with Crippen LogP contribution >= 0.6 is 15.9 Å². The van der Waals surface area contributed by atoms with Crippen molar-refractivity contribution in [2.75, 3.05) is 0 Å².